The number of para-hydroxylation sites is 1. The molecule has 0 fully saturated rings. The molecule has 0 saturated carbocycles. The van der Waals surface area contributed by atoms with E-state index in [1.807, 2.05) is 38.1 Å². The van der Waals surface area contributed by atoms with Crippen LogP contribution in [-0.2, 0) is 9.59 Å². The lowest BCUT2D eigenvalue weighted by atomic mass is 10.3. The number of carbonyl (C=O) groups excluding carboxylic acids is 1. The van der Waals surface area contributed by atoms with Gasteiger partial charge in [-0.25, -0.2) is 0 Å². The van der Waals surface area contributed by atoms with Crippen molar-refractivity contribution in [3.8, 4) is 0 Å². The fourth-order valence-corrected chi connectivity index (χ4v) is 2.56. The average molecular weight is 322 g/mol. The number of rotatable bonds is 9. The van der Waals surface area contributed by atoms with Crippen molar-refractivity contribution in [3.05, 3.63) is 36.9 Å². The zero-order chi connectivity index (χ0) is 16.5. The Balaban J connectivity index is 2.71. The van der Waals surface area contributed by atoms with Crippen molar-refractivity contribution in [2.45, 2.75) is 24.8 Å². The lowest BCUT2D eigenvalue weighted by molar-refractivity contribution is -0.139. The van der Waals surface area contributed by atoms with Crippen molar-refractivity contribution in [1.82, 2.24) is 4.90 Å². The molecular formula is C16H22N2O3S. The van der Waals surface area contributed by atoms with Crippen molar-refractivity contribution in [2.24, 2.45) is 0 Å². The molecule has 0 heterocycles. The van der Waals surface area contributed by atoms with Gasteiger partial charge in [-0.1, -0.05) is 18.2 Å². The summed E-state index contributed by atoms with van der Waals surface area (Å²) in [5.74, 6) is -0.408. The van der Waals surface area contributed by atoms with Gasteiger partial charge in [0, 0.05) is 16.7 Å². The summed E-state index contributed by atoms with van der Waals surface area (Å²) in [5, 5.41) is 11.7. The summed E-state index contributed by atoms with van der Waals surface area (Å²) in [6, 6.07) is 7.51. The van der Waals surface area contributed by atoms with Crippen LogP contribution in [0.1, 0.15) is 13.8 Å². The van der Waals surface area contributed by atoms with Crippen LogP contribution in [0.2, 0.25) is 0 Å². The second-order valence-corrected chi connectivity index (χ2v) is 6.10. The molecule has 1 aromatic rings. The number of thioether (sulfide) groups is 1. The average Bonchev–Trinajstić information content (AvgIpc) is 2.45. The molecule has 1 rings (SSSR count). The standard InChI is InChI=1S/C16H22N2O3S/c1-4-9-22-14-8-6-5-7-13(14)17-15(19)10-18(12(2)3)11-16(20)21/h4-8,12H,1,9-11H2,2-3H3,(H,17,19)(H,20,21). The van der Waals surface area contributed by atoms with E-state index in [1.54, 1.807) is 22.7 Å². The highest BCUT2D eigenvalue weighted by Gasteiger charge is 2.17. The first-order chi connectivity index (χ1) is 10.4. The van der Waals surface area contributed by atoms with Crippen LogP contribution >= 0.6 is 11.8 Å². The van der Waals surface area contributed by atoms with Gasteiger partial charge in [0.2, 0.25) is 5.91 Å². The van der Waals surface area contributed by atoms with Crippen LogP contribution in [0.15, 0.2) is 41.8 Å². The van der Waals surface area contributed by atoms with Gasteiger partial charge in [-0.05, 0) is 26.0 Å². The lowest BCUT2D eigenvalue weighted by Gasteiger charge is -2.23. The summed E-state index contributed by atoms with van der Waals surface area (Å²) >= 11 is 1.58. The van der Waals surface area contributed by atoms with Crippen molar-refractivity contribution >= 4 is 29.3 Å². The zero-order valence-electron chi connectivity index (χ0n) is 12.9. The highest BCUT2D eigenvalue weighted by Crippen LogP contribution is 2.26. The summed E-state index contributed by atoms with van der Waals surface area (Å²) < 4.78 is 0. The van der Waals surface area contributed by atoms with E-state index in [1.165, 1.54) is 0 Å². The second-order valence-electron chi connectivity index (χ2n) is 5.04. The van der Waals surface area contributed by atoms with E-state index in [-0.39, 0.29) is 25.0 Å². The quantitative estimate of drug-likeness (QED) is 0.540. The summed E-state index contributed by atoms with van der Waals surface area (Å²) in [6.45, 7) is 7.30. The molecule has 0 radical (unpaired) electrons. The zero-order valence-corrected chi connectivity index (χ0v) is 13.7. The molecule has 0 spiro atoms. The van der Waals surface area contributed by atoms with Gasteiger partial charge in [0.1, 0.15) is 0 Å². The Kier molecular flexibility index (Phi) is 7.70. The van der Waals surface area contributed by atoms with Gasteiger partial charge >= 0.3 is 5.97 Å². The SMILES string of the molecule is C=CCSc1ccccc1NC(=O)CN(CC(=O)O)C(C)C. The fraction of sp³-hybridized carbons (Fsp3) is 0.375. The Hall–Kier alpha value is -1.79. The van der Waals surface area contributed by atoms with Gasteiger partial charge in [-0.2, -0.15) is 0 Å². The predicted octanol–water partition coefficient (Wildman–Crippen LogP) is 2.70. The highest BCUT2D eigenvalue weighted by molar-refractivity contribution is 7.99. The van der Waals surface area contributed by atoms with Crippen LogP contribution in [0.3, 0.4) is 0 Å². The third kappa shape index (κ3) is 6.32. The van der Waals surface area contributed by atoms with Gasteiger partial charge in [-0.3, -0.25) is 14.5 Å². The van der Waals surface area contributed by atoms with Gasteiger partial charge in [0.25, 0.3) is 0 Å². The smallest absolute Gasteiger partial charge is 0.317 e. The molecule has 0 bridgehead atoms. The van der Waals surface area contributed by atoms with E-state index < -0.39 is 5.97 Å². The Morgan fingerprint density at radius 2 is 2.05 bits per heavy atom. The van der Waals surface area contributed by atoms with Gasteiger partial charge < -0.3 is 10.4 Å². The van der Waals surface area contributed by atoms with E-state index in [2.05, 4.69) is 11.9 Å². The Labute approximate surface area is 135 Å². The summed E-state index contributed by atoms with van der Waals surface area (Å²) in [6.07, 6.45) is 1.80. The summed E-state index contributed by atoms with van der Waals surface area (Å²) in [4.78, 5) is 25.6. The number of benzene rings is 1. The topological polar surface area (TPSA) is 69.6 Å². The molecule has 0 aromatic heterocycles. The molecule has 0 aliphatic heterocycles. The van der Waals surface area contributed by atoms with Crippen molar-refractivity contribution < 1.29 is 14.7 Å². The second kappa shape index (κ2) is 9.27. The third-order valence-corrected chi connectivity index (χ3v) is 4.00. The van der Waals surface area contributed by atoms with Crippen molar-refractivity contribution in [1.29, 1.82) is 0 Å². The molecule has 0 unspecified atom stereocenters. The van der Waals surface area contributed by atoms with Crippen LogP contribution in [-0.4, -0.2) is 46.8 Å². The number of hydrogen-bond acceptors (Lipinski definition) is 4. The number of carboxylic acids is 1. The first-order valence-electron chi connectivity index (χ1n) is 7.02. The van der Waals surface area contributed by atoms with Crippen LogP contribution in [0.4, 0.5) is 5.69 Å². The van der Waals surface area contributed by atoms with E-state index in [0.717, 1.165) is 16.3 Å². The predicted molar refractivity (Wildman–Crippen MR) is 90.3 cm³/mol. The molecular weight excluding hydrogens is 300 g/mol. The van der Waals surface area contributed by atoms with Crippen LogP contribution in [0.5, 0.6) is 0 Å². The van der Waals surface area contributed by atoms with Crippen LogP contribution in [0, 0.1) is 0 Å². The molecule has 0 aliphatic rings. The van der Waals surface area contributed by atoms with Crippen LogP contribution < -0.4 is 5.32 Å². The molecule has 120 valence electrons. The number of amides is 1. The number of nitrogens with zero attached hydrogens (tertiary/aromatic N) is 1. The maximum atomic E-state index is 12.2. The number of nitrogens with one attached hydrogen (secondary N) is 1. The minimum atomic E-state index is -0.941. The largest absolute Gasteiger partial charge is 0.480 e. The number of carbonyl (C=O) groups is 2. The first kappa shape index (κ1) is 18.3. The van der Waals surface area contributed by atoms with Gasteiger partial charge in [0.15, 0.2) is 0 Å². The van der Waals surface area contributed by atoms with Gasteiger partial charge in [-0.15, -0.1) is 18.3 Å². The van der Waals surface area contributed by atoms with E-state index in [9.17, 15) is 9.59 Å². The van der Waals surface area contributed by atoms with Crippen LogP contribution in [0.25, 0.3) is 0 Å². The molecule has 0 aliphatic carbocycles. The molecule has 6 heteroatoms. The third-order valence-electron chi connectivity index (χ3n) is 2.93. The molecule has 0 saturated heterocycles. The lowest BCUT2D eigenvalue weighted by Crippen LogP contribution is -2.41. The number of carboxylic acid groups (broad SMARTS) is 1. The molecule has 2 N–H and O–H groups in total. The Bertz CT molecular complexity index is 532. The highest BCUT2D eigenvalue weighted by atomic mass is 32.2. The first-order valence-corrected chi connectivity index (χ1v) is 8.01. The van der Waals surface area contributed by atoms with Crippen molar-refractivity contribution in [2.75, 3.05) is 24.2 Å². The Morgan fingerprint density at radius 3 is 2.64 bits per heavy atom. The monoisotopic (exact) mass is 322 g/mol. The minimum absolute atomic E-state index is 0.0211. The maximum Gasteiger partial charge on any atom is 0.317 e. The van der Waals surface area contributed by atoms with Crippen molar-refractivity contribution in [3.63, 3.8) is 0 Å². The fourth-order valence-electron chi connectivity index (χ4n) is 1.81. The maximum absolute atomic E-state index is 12.2. The summed E-state index contributed by atoms with van der Waals surface area (Å²) in [5.41, 5.74) is 0.735. The van der Waals surface area contributed by atoms with E-state index in [4.69, 9.17) is 5.11 Å². The molecule has 1 amide bonds. The normalized spacial score (nSPS) is 10.7. The summed E-state index contributed by atoms with van der Waals surface area (Å²) in [7, 11) is 0. The van der Waals surface area contributed by atoms with Gasteiger partial charge in [0.05, 0.1) is 18.8 Å². The minimum Gasteiger partial charge on any atom is -0.480 e. The number of aliphatic carboxylic acids is 1. The molecule has 5 nitrogen and oxygen atoms in total. The molecule has 22 heavy (non-hydrogen) atoms. The molecule has 1 aromatic carbocycles. The Morgan fingerprint density at radius 1 is 1.36 bits per heavy atom. The van der Waals surface area contributed by atoms with E-state index >= 15 is 0 Å². The van der Waals surface area contributed by atoms with E-state index in [0.29, 0.717) is 0 Å². The number of anilines is 1. The molecule has 0 atom stereocenters. The number of hydrogen-bond donors (Lipinski definition) is 2.